The molecule has 106 valence electrons. The van der Waals surface area contributed by atoms with Gasteiger partial charge >= 0.3 is 0 Å². The van der Waals surface area contributed by atoms with Gasteiger partial charge in [-0.3, -0.25) is 5.84 Å². The molecule has 0 amide bonds. The van der Waals surface area contributed by atoms with Crippen molar-refractivity contribution in [2.45, 2.75) is 18.9 Å². The van der Waals surface area contributed by atoms with Crippen molar-refractivity contribution in [1.82, 2.24) is 5.43 Å². The lowest BCUT2D eigenvalue weighted by molar-refractivity contribution is 0.283. The lowest BCUT2D eigenvalue weighted by Gasteiger charge is -2.24. The number of hydrazine groups is 1. The Morgan fingerprint density at radius 3 is 2.85 bits per heavy atom. The van der Waals surface area contributed by atoms with E-state index in [1.54, 1.807) is 11.3 Å². The second kappa shape index (κ2) is 6.15. The average molecular weight is 418 g/mol. The number of para-hydroxylation sites is 1. The van der Waals surface area contributed by atoms with E-state index in [1.807, 2.05) is 0 Å². The molecule has 0 saturated heterocycles. The Hall–Kier alpha value is -0.400. The van der Waals surface area contributed by atoms with Crippen LogP contribution in [-0.2, 0) is 6.42 Å². The third kappa shape index (κ3) is 2.67. The van der Waals surface area contributed by atoms with Crippen LogP contribution in [0.1, 0.15) is 29.2 Å². The molecule has 20 heavy (non-hydrogen) atoms. The molecule has 6 heteroatoms. The highest BCUT2D eigenvalue weighted by molar-refractivity contribution is 9.12. The zero-order valence-electron chi connectivity index (χ0n) is 10.7. The van der Waals surface area contributed by atoms with E-state index in [2.05, 4.69) is 61.6 Å². The maximum absolute atomic E-state index is 5.89. The number of fused-ring (bicyclic) bond motifs is 1. The van der Waals surface area contributed by atoms with Crippen molar-refractivity contribution in [3.8, 4) is 5.75 Å². The number of benzene rings is 1. The van der Waals surface area contributed by atoms with Gasteiger partial charge in [0.25, 0.3) is 0 Å². The molecule has 1 atom stereocenters. The molecule has 0 fully saturated rings. The highest BCUT2D eigenvalue weighted by atomic mass is 79.9. The van der Waals surface area contributed by atoms with Crippen LogP contribution >= 0.6 is 43.2 Å². The van der Waals surface area contributed by atoms with Gasteiger partial charge in [0.2, 0.25) is 0 Å². The Labute approximate surface area is 138 Å². The normalized spacial score (nSPS) is 15.6. The Bertz CT molecular complexity index is 630. The lowest BCUT2D eigenvalue weighted by atomic mass is 9.95. The Morgan fingerprint density at radius 1 is 1.30 bits per heavy atom. The quantitative estimate of drug-likeness (QED) is 0.582. The molecule has 1 aliphatic rings. The number of nitrogens with one attached hydrogen (secondary N) is 1. The van der Waals surface area contributed by atoms with Gasteiger partial charge in [-0.15, -0.1) is 11.3 Å². The van der Waals surface area contributed by atoms with Crippen LogP contribution in [0.5, 0.6) is 5.75 Å². The molecule has 1 aromatic carbocycles. The molecule has 3 nitrogen and oxygen atoms in total. The fourth-order valence-electron chi connectivity index (χ4n) is 2.54. The first-order valence-corrected chi connectivity index (χ1v) is 8.76. The number of ether oxygens (including phenoxy) is 1. The monoisotopic (exact) mass is 416 g/mol. The van der Waals surface area contributed by atoms with Crippen molar-refractivity contribution in [2.24, 2.45) is 5.84 Å². The predicted molar refractivity (Wildman–Crippen MR) is 89.1 cm³/mol. The van der Waals surface area contributed by atoms with Gasteiger partial charge in [0.1, 0.15) is 5.75 Å². The molecule has 0 spiro atoms. The van der Waals surface area contributed by atoms with Crippen molar-refractivity contribution in [3.63, 3.8) is 0 Å². The van der Waals surface area contributed by atoms with E-state index in [9.17, 15) is 0 Å². The van der Waals surface area contributed by atoms with Gasteiger partial charge in [-0.1, -0.05) is 18.2 Å². The van der Waals surface area contributed by atoms with E-state index in [4.69, 9.17) is 10.6 Å². The van der Waals surface area contributed by atoms with Crippen LogP contribution in [-0.4, -0.2) is 6.61 Å². The third-order valence-electron chi connectivity index (χ3n) is 3.44. The standard InChI is InChI=1S/C14H14Br2N2OS/c15-11-7-10(14(16)20-11)12(18-17)9-5-1-3-8-4-2-6-19-13(8)9/h1,3,5,7,12,18H,2,4,6,17H2. The molecular weight excluding hydrogens is 404 g/mol. The first-order chi connectivity index (χ1) is 9.70. The van der Waals surface area contributed by atoms with E-state index in [0.717, 1.165) is 43.9 Å². The number of hydrogen-bond acceptors (Lipinski definition) is 4. The highest BCUT2D eigenvalue weighted by Gasteiger charge is 2.24. The Morgan fingerprint density at radius 2 is 2.15 bits per heavy atom. The summed E-state index contributed by atoms with van der Waals surface area (Å²) in [6, 6.07) is 8.28. The van der Waals surface area contributed by atoms with Crippen molar-refractivity contribution >= 4 is 43.2 Å². The molecule has 1 aliphatic heterocycles. The maximum Gasteiger partial charge on any atom is 0.127 e. The molecule has 2 aromatic rings. The van der Waals surface area contributed by atoms with Gasteiger partial charge in [-0.2, -0.15) is 0 Å². The van der Waals surface area contributed by atoms with Crippen molar-refractivity contribution < 1.29 is 4.74 Å². The minimum atomic E-state index is -0.0834. The summed E-state index contributed by atoms with van der Waals surface area (Å²) in [5, 5.41) is 0. The first kappa shape index (κ1) is 14.5. The molecular formula is C14H14Br2N2OS. The Balaban J connectivity index is 2.08. The van der Waals surface area contributed by atoms with Crippen molar-refractivity contribution in [2.75, 3.05) is 6.61 Å². The molecule has 3 N–H and O–H groups in total. The maximum atomic E-state index is 5.89. The van der Waals surface area contributed by atoms with E-state index >= 15 is 0 Å². The van der Waals surface area contributed by atoms with Gasteiger partial charge in [-0.25, -0.2) is 5.43 Å². The second-order valence-corrected chi connectivity index (χ2v) is 8.42. The summed E-state index contributed by atoms with van der Waals surface area (Å²) in [5.41, 5.74) is 6.39. The molecule has 0 saturated carbocycles. The fraction of sp³-hybridized carbons (Fsp3) is 0.286. The number of thiophene rings is 1. The second-order valence-electron chi connectivity index (χ2n) is 4.67. The summed E-state index contributed by atoms with van der Waals surface area (Å²) < 4.78 is 8.03. The van der Waals surface area contributed by atoms with E-state index in [0.29, 0.717) is 0 Å². The molecule has 3 rings (SSSR count). The van der Waals surface area contributed by atoms with Crippen LogP contribution in [0.25, 0.3) is 0 Å². The first-order valence-electron chi connectivity index (χ1n) is 6.36. The molecule has 1 aromatic heterocycles. The highest BCUT2D eigenvalue weighted by Crippen LogP contribution is 2.41. The zero-order chi connectivity index (χ0) is 14.1. The fourth-order valence-corrected chi connectivity index (χ4v) is 5.44. The topological polar surface area (TPSA) is 47.3 Å². The number of rotatable bonds is 3. The van der Waals surface area contributed by atoms with E-state index in [-0.39, 0.29) is 6.04 Å². The summed E-state index contributed by atoms with van der Waals surface area (Å²) in [7, 11) is 0. The van der Waals surface area contributed by atoms with Gasteiger partial charge < -0.3 is 4.74 Å². The van der Waals surface area contributed by atoms with Crippen molar-refractivity contribution in [1.29, 1.82) is 0 Å². The van der Waals surface area contributed by atoms with Crippen LogP contribution in [0.2, 0.25) is 0 Å². The zero-order valence-corrected chi connectivity index (χ0v) is 14.6. The Kier molecular flexibility index (Phi) is 4.47. The van der Waals surface area contributed by atoms with E-state index < -0.39 is 0 Å². The SMILES string of the molecule is NNC(c1cc(Br)sc1Br)c1cccc2c1OCCC2. The van der Waals surface area contributed by atoms with E-state index in [1.165, 1.54) is 5.56 Å². The minimum absolute atomic E-state index is 0.0834. The summed E-state index contributed by atoms with van der Waals surface area (Å²) in [5.74, 6) is 6.79. The number of halogens is 2. The minimum Gasteiger partial charge on any atom is -0.493 e. The van der Waals surface area contributed by atoms with Gasteiger partial charge in [0.15, 0.2) is 0 Å². The summed E-state index contributed by atoms with van der Waals surface area (Å²) in [6.07, 6.45) is 2.14. The lowest BCUT2D eigenvalue weighted by Crippen LogP contribution is -2.29. The molecule has 0 bridgehead atoms. The molecule has 1 unspecified atom stereocenters. The summed E-state index contributed by atoms with van der Waals surface area (Å²) in [6.45, 7) is 0.774. The van der Waals surface area contributed by atoms with Crippen LogP contribution < -0.4 is 16.0 Å². The van der Waals surface area contributed by atoms with Gasteiger partial charge in [0.05, 0.1) is 20.2 Å². The summed E-state index contributed by atoms with van der Waals surface area (Å²) in [4.78, 5) is 0. The number of nitrogens with two attached hydrogens (primary N) is 1. The smallest absolute Gasteiger partial charge is 0.127 e. The number of hydrogen-bond donors (Lipinski definition) is 2. The van der Waals surface area contributed by atoms with Gasteiger partial charge in [0, 0.05) is 11.1 Å². The van der Waals surface area contributed by atoms with Gasteiger partial charge in [-0.05, 0) is 56.3 Å². The van der Waals surface area contributed by atoms with Crippen molar-refractivity contribution in [3.05, 3.63) is 48.5 Å². The molecule has 2 heterocycles. The molecule has 0 aliphatic carbocycles. The van der Waals surface area contributed by atoms with Crippen LogP contribution in [0.3, 0.4) is 0 Å². The molecule has 0 radical (unpaired) electrons. The van der Waals surface area contributed by atoms with Crippen LogP contribution in [0.15, 0.2) is 31.8 Å². The third-order valence-corrected chi connectivity index (χ3v) is 5.82. The summed E-state index contributed by atoms with van der Waals surface area (Å²) >= 11 is 8.76. The largest absolute Gasteiger partial charge is 0.493 e. The van der Waals surface area contributed by atoms with Crippen LogP contribution in [0, 0.1) is 0 Å². The number of aryl methyl sites for hydroxylation is 1. The average Bonchev–Trinajstić information content (AvgIpc) is 2.79. The van der Waals surface area contributed by atoms with Crippen LogP contribution in [0.4, 0.5) is 0 Å². The predicted octanol–water partition coefficient (Wildman–Crippen LogP) is 4.15.